The van der Waals surface area contributed by atoms with Crippen molar-refractivity contribution in [2.24, 2.45) is 10.7 Å². The Hall–Kier alpha value is -2.11. The van der Waals surface area contributed by atoms with E-state index in [1.165, 1.54) is 61.7 Å². The van der Waals surface area contributed by atoms with E-state index in [0.29, 0.717) is 18.0 Å². The SMILES string of the molecule is CC(CCCCC[C@H]1CCCCCC[C@@H](C)NC(N)=N1)O[Si](c1ccccc1)(c1ccccc1)C(C)(C)C. The molecular weight excluding hydrogens is 482 g/mol. The normalized spacial score (nSPS) is 20.6. The lowest BCUT2D eigenvalue weighted by atomic mass is 10.0. The third-order valence-electron chi connectivity index (χ3n) is 8.08. The molecule has 0 saturated heterocycles. The van der Waals surface area contributed by atoms with Gasteiger partial charge in [0.15, 0.2) is 5.96 Å². The lowest BCUT2D eigenvalue weighted by Gasteiger charge is -2.44. The number of unbranched alkanes of at least 4 members (excludes halogenated alkanes) is 2. The van der Waals surface area contributed by atoms with Crippen molar-refractivity contribution in [1.29, 1.82) is 0 Å². The molecule has 0 bridgehead atoms. The first-order valence-corrected chi connectivity index (χ1v) is 17.0. The van der Waals surface area contributed by atoms with E-state index >= 15 is 0 Å². The third kappa shape index (κ3) is 8.70. The number of nitrogens with zero attached hydrogens (tertiary/aromatic N) is 1. The fourth-order valence-corrected chi connectivity index (χ4v) is 10.8. The molecule has 1 aliphatic heterocycles. The predicted molar refractivity (Wildman–Crippen MR) is 167 cm³/mol. The Kier molecular flexibility index (Phi) is 11.9. The molecule has 0 spiro atoms. The fourth-order valence-electron chi connectivity index (χ4n) is 6.06. The van der Waals surface area contributed by atoms with E-state index in [2.05, 4.69) is 101 Å². The molecule has 4 nitrogen and oxygen atoms in total. The number of hydrogen-bond donors (Lipinski definition) is 2. The summed E-state index contributed by atoms with van der Waals surface area (Å²) in [4.78, 5) is 4.87. The van der Waals surface area contributed by atoms with Crippen LogP contribution in [-0.2, 0) is 4.43 Å². The van der Waals surface area contributed by atoms with Crippen LogP contribution in [0.1, 0.15) is 105 Å². The molecule has 0 amide bonds. The zero-order valence-corrected chi connectivity index (χ0v) is 25.7. The number of guanidine groups is 1. The topological polar surface area (TPSA) is 59.6 Å². The van der Waals surface area contributed by atoms with Gasteiger partial charge in [-0.15, -0.1) is 0 Å². The Labute approximate surface area is 234 Å². The van der Waals surface area contributed by atoms with Gasteiger partial charge in [0.05, 0.1) is 6.04 Å². The zero-order valence-electron chi connectivity index (χ0n) is 24.7. The first-order valence-electron chi connectivity index (χ1n) is 15.1. The lowest BCUT2D eigenvalue weighted by molar-refractivity contribution is 0.192. The van der Waals surface area contributed by atoms with Gasteiger partial charge in [-0.1, -0.05) is 126 Å². The van der Waals surface area contributed by atoms with Gasteiger partial charge in [0.25, 0.3) is 8.32 Å². The molecule has 0 saturated carbocycles. The molecule has 3 N–H and O–H groups in total. The fraction of sp³-hybridized carbons (Fsp3) is 0.606. The highest BCUT2D eigenvalue weighted by Gasteiger charge is 2.50. The van der Waals surface area contributed by atoms with Crippen LogP contribution >= 0.6 is 0 Å². The molecule has 38 heavy (non-hydrogen) atoms. The minimum Gasteiger partial charge on any atom is -0.405 e. The molecule has 1 unspecified atom stereocenters. The highest BCUT2D eigenvalue weighted by molar-refractivity contribution is 6.99. The molecule has 3 atom stereocenters. The van der Waals surface area contributed by atoms with Crippen LogP contribution in [0.15, 0.2) is 65.7 Å². The number of aliphatic imine (C=N–C) groups is 1. The van der Waals surface area contributed by atoms with Gasteiger partial charge < -0.3 is 15.5 Å². The molecule has 0 radical (unpaired) electrons. The summed E-state index contributed by atoms with van der Waals surface area (Å²) in [5.74, 6) is 0.636. The number of rotatable bonds is 10. The minimum atomic E-state index is -2.48. The highest BCUT2D eigenvalue weighted by Crippen LogP contribution is 2.38. The summed E-state index contributed by atoms with van der Waals surface area (Å²) >= 11 is 0. The van der Waals surface area contributed by atoms with Crippen molar-refractivity contribution in [3.8, 4) is 0 Å². The first-order chi connectivity index (χ1) is 18.2. The molecular formula is C33H53N3OSi. The van der Waals surface area contributed by atoms with Crippen LogP contribution in [0.5, 0.6) is 0 Å². The predicted octanol–water partition coefficient (Wildman–Crippen LogP) is 6.92. The molecule has 210 valence electrons. The number of hydrogen-bond acceptors (Lipinski definition) is 4. The maximum Gasteiger partial charge on any atom is 0.261 e. The third-order valence-corrected chi connectivity index (χ3v) is 13.2. The molecule has 2 aromatic rings. The van der Waals surface area contributed by atoms with E-state index in [1.54, 1.807) is 0 Å². The van der Waals surface area contributed by atoms with E-state index < -0.39 is 8.32 Å². The first kappa shape index (κ1) is 30.4. The standard InChI is InChI=1S/C33H53N3OSi/c1-27-19-11-6-7-13-21-29(36-32(34)35-27)22-14-8-12-20-28(2)37-38(33(3,4)5,30-23-15-9-16-24-30)31-25-17-10-18-26-31/h9-10,15-18,23-29H,6-8,11-14,19-22H2,1-5H3,(H3,34,35,36)/t27-,28?,29-/m1/s1. The molecule has 2 aromatic carbocycles. The van der Waals surface area contributed by atoms with Crippen molar-refractivity contribution in [1.82, 2.24) is 5.32 Å². The van der Waals surface area contributed by atoms with E-state index in [0.717, 1.165) is 19.3 Å². The van der Waals surface area contributed by atoms with Crippen LogP contribution in [0.4, 0.5) is 0 Å². The van der Waals surface area contributed by atoms with Crippen LogP contribution in [0.3, 0.4) is 0 Å². The largest absolute Gasteiger partial charge is 0.405 e. The van der Waals surface area contributed by atoms with Crippen molar-refractivity contribution in [3.63, 3.8) is 0 Å². The second-order valence-corrected chi connectivity index (χ2v) is 16.7. The van der Waals surface area contributed by atoms with Gasteiger partial charge in [0.1, 0.15) is 0 Å². The van der Waals surface area contributed by atoms with Crippen molar-refractivity contribution < 1.29 is 4.43 Å². The Morgan fingerprint density at radius 3 is 2.05 bits per heavy atom. The summed E-state index contributed by atoms with van der Waals surface area (Å²) in [7, 11) is -2.48. The number of nitrogens with one attached hydrogen (secondary N) is 1. The molecule has 0 fully saturated rings. The quantitative estimate of drug-likeness (QED) is 0.256. The van der Waals surface area contributed by atoms with E-state index in [-0.39, 0.29) is 11.1 Å². The van der Waals surface area contributed by atoms with Gasteiger partial charge in [-0.2, -0.15) is 0 Å². The van der Waals surface area contributed by atoms with Crippen LogP contribution in [0, 0.1) is 0 Å². The monoisotopic (exact) mass is 535 g/mol. The highest BCUT2D eigenvalue weighted by atomic mass is 28.4. The van der Waals surface area contributed by atoms with Crippen molar-refractivity contribution in [2.45, 2.75) is 128 Å². The summed E-state index contributed by atoms with van der Waals surface area (Å²) in [6, 6.07) is 22.7. The molecule has 3 rings (SSSR count). The van der Waals surface area contributed by atoms with E-state index in [1.807, 2.05) is 0 Å². The van der Waals surface area contributed by atoms with Gasteiger partial charge in [-0.3, -0.25) is 4.99 Å². The van der Waals surface area contributed by atoms with Gasteiger partial charge in [0.2, 0.25) is 0 Å². The van der Waals surface area contributed by atoms with Crippen LogP contribution < -0.4 is 21.4 Å². The Morgan fingerprint density at radius 1 is 0.895 bits per heavy atom. The van der Waals surface area contributed by atoms with Crippen LogP contribution in [0.25, 0.3) is 0 Å². The maximum absolute atomic E-state index is 7.26. The smallest absolute Gasteiger partial charge is 0.261 e. The summed E-state index contributed by atoms with van der Waals surface area (Å²) in [5.41, 5.74) is 6.24. The maximum atomic E-state index is 7.26. The second-order valence-electron chi connectivity index (χ2n) is 12.4. The minimum absolute atomic E-state index is 0.0160. The average molecular weight is 536 g/mol. The molecule has 5 heteroatoms. The summed E-state index contributed by atoms with van der Waals surface area (Å²) in [6.45, 7) is 11.6. The lowest BCUT2D eigenvalue weighted by Crippen LogP contribution is -2.67. The van der Waals surface area contributed by atoms with Gasteiger partial charge >= 0.3 is 0 Å². The van der Waals surface area contributed by atoms with Crippen molar-refractivity contribution >= 4 is 24.7 Å². The second kappa shape index (κ2) is 14.9. The van der Waals surface area contributed by atoms with Crippen molar-refractivity contribution in [2.75, 3.05) is 0 Å². The Morgan fingerprint density at radius 2 is 1.47 bits per heavy atom. The Bertz CT molecular complexity index is 918. The summed E-state index contributed by atoms with van der Waals surface area (Å²) in [5, 5.41) is 6.13. The van der Waals surface area contributed by atoms with Crippen LogP contribution in [-0.4, -0.2) is 32.5 Å². The van der Waals surface area contributed by atoms with E-state index in [9.17, 15) is 0 Å². The molecule has 1 heterocycles. The Balaban J connectivity index is 1.60. The summed E-state index contributed by atoms with van der Waals surface area (Å²) in [6.07, 6.45) is 13.5. The van der Waals surface area contributed by atoms with Crippen LogP contribution in [0.2, 0.25) is 5.04 Å². The zero-order chi connectivity index (χ0) is 27.4. The molecule has 0 aliphatic carbocycles. The molecule has 0 aromatic heterocycles. The van der Waals surface area contributed by atoms with E-state index in [4.69, 9.17) is 15.2 Å². The molecule has 1 aliphatic rings. The number of benzene rings is 2. The van der Waals surface area contributed by atoms with Gasteiger partial charge in [-0.25, -0.2) is 0 Å². The number of nitrogens with two attached hydrogens (primary N) is 1. The van der Waals surface area contributed by atoms with Gasteiger partial charge in [0, 0.05) is 12.1 Å². The summed E-state index contributed by atoms with van der Waals surface area (Å²) < 4.78 is 7.26. The van der Waals surface area contributed by atoms with Crippen molar-refractivity contribution in [3.05, 3.63) is 60.7 Å². The van der Waals surface area contributed by atoms with Gasteiger partial charge in [-0.05, 0) is 54.9 Å². The average Bonchev–Trinajstić information content (AvgIpc) is 2.92.